The maximum Gasteiger partial charge on any atom is 0.256 e. The van der Waals surface area contributed by atoms with E-state index in [-0.39, 0.29) is 5.91 Å². The van der Waals surface area contributed by atoms with Gasteiger partial charge in [-0.15, -0.1) is 11.3 Å². The summed E-state index contributed by atoms with van der Waals surface area (Å²) in [5, 5.41) is 14.2. The van der Waals surface area contributed by atoms with Crippen LogP contribution in [0.1, 0.15) is 28.9 Å². The van der Waals surface area contributed by atoms with E-state index in [1.54, 1.807) is 30.5 Å². The summed E-state index contributed by atoms with van der Waals surface area (Å²) in [6, 6.07) is 9.00. The van der Waals surface area contributed by atoms with Crippen molar-refractivity contribution in [1.29, 1.82) is 0 Å². The molecular formula is C13H12BrNO2S. The zero-order valence-corrected chi connectivity index (χ0v) is 12.1. The Labute approximate surface area is 118 Å². The highest BCUT2D eigenvalue weighted by atomic mass is 79.9. The summed E-state index contributed by atoms with van der Waals surface area (Å²) in [4.78, 5) is 12.0. The Morgan fingerprint density at radius 1 is 1.44 bits per heavy atom. The molecule has 0 saturated heterocycles. The van der Waals surface area contributed by atoms with Crippen LogP contribution in [0, 0.1) is 0 Å². The van der Waals surface area contributed by atoms with Crippen LogP contribution in [0.4, 0.5) is 5.69 Å². The van der Waals surface area contributed by atoms with E-state index in [1.807, 2.05) is 12.1 Å². The van der Waals surface area contributed by atoms with Crippen molar-refractivity contribution in [3.63, 3.8) is 0 Å². The first-order valence-electron chi connectivity index (χ1n) is 5.40. The highest BCUT2D eigenvalue weighted by Gasteiger charge is 2.12. The fraction of sp³-hybridized carbons (Fsp3) is 0.154. The number of anilines is 1. The van der Waals surface area contributed by atoms with E-state index < -0.39 is 6.10 Å². The first-order chi connectivity index (χ1) is 8.58. The van der Waals surface area contributed by atoms with Crippen LogP contribution in [0.15, 0.2) is 39.5 Å². The number of amides is 1. The number of hydrogen-bond acceptors (Lipinski definition) is 3. The second-order valence-corrected chi connectivity index (χ2v) is 6.15. The van der Waals surface area contributed by atoms with Crippen LogP contribution < -0.4 is 5.32 Å². The predicted octanol–water partition coefficient (Wildman–Crippen LogP) is 3.82. The molecule has 94 valence electrons. The van der Waals surface area contributed by atoms with Crippen LogP contribution >= 0.6 is 27.3 Å². The second-order valence-electron chi connectivity index (χ2n) is 3.86. The summed E-state index contributed by atoms with van der Waals surface area (Å²) < 4.78 is 0.913. The van der Waals surface area contributed by atoms with Crippen molar-refractivity contribution in [1.82, 2.24) is 0 Å². The van der Waals surface area contributed by atoms with Crippen molar-refractivity contribution in [2.75, 3.05) is 5.32 Å². The molecule has 1 atom stereocenters. The summed E-state index contributed by atoms with van der Waals surface area (Å²) in [6.45, 7) is 1.67. The largest absolute Gasteiger partial charge is 0.389 e. The first-order valence-corrected chi connectivity index (χ1v) is 7.07. The SMILES string of the molecule is CC(O)c1ccccc1NC(=O)c1csc(Br)c1. The maximum atomic E-state index is 12.0. The van der Waals surface area contributed by atoms with Gasteiger partial charge in [0.25, 0.3) is 5.91 Å². The van der Waals surface area contributed by atoms with Crippen LogP contribution in [0.3, 0.4) is 0 Å². The lowest BCUT2D eigenvalue weighted by atomic mass is 10.1. The molecule has 1 aromatic heterocycles. The van der Waals surface area contributed by atoms with Crippen molar-refractivity contribution in [3.05, 3.63) is 50.6 Å². The van der Waals surface area contributed by atoms with Crippen molar-refractivity contribution in [2.24, 2.45) is 0 Å². The molecule has 1 amide bonds. The molecule has 2 rings (SSSR count). The third kappa shape index (κ3) is 2.98. The Balaban J connectivity index is 2.22. The number of benzene rings is 1. The second kappa shape index (κ2) is 5.65. The number of aliphatic hydroxyl groups is 1. The number of para-hydroxylation sites is 1. The normalized spacial score (nSPS) is 12.2. The van der Waals surface area contributed by atoms with Crippen molar-refractivity contribution in [3.8, 4) is 0 Å². The Morgan fingerprint density at radius 2 is 2.17 bits per heavy atom. The quantitative estimate of drug-likeness (QED) is 0.901. The molecule has 2 N–H and O–H groups in total. The van der Waals surface area contributed by atoms with Gasteiger partial charge in [-0.1, -0.05) is 18.2 Å². The van der Waals surface area contributed by atoms with Crippen molar-refractivity contribution in [2.45, 2.75) is 13.0 Å². The minimum absolute atomic E-state index is 0.176. The summed E-state index contributed by atoms with van der Waals surface area (Å²) in [5.74, 6) is -0.176. The molecule has 3 nitrogen and oxygen atoms in total. The van der Waals surface area contributed by atoms with E-state index in [0.717, 1.165) is 3.79 Å². The van der Waals surface area contributed by atoms with Gasteiger partial charge in [0.05, 0.1) is 15.5 Å². The average molecular weight is 326 g/mol. The van der Waals surface area contributed by atoms with Gasteiger partial charge in [0.15, 0.2) is 0 Å². The Morgan fingerprint density at radius 3 is 2.78 bits per heavy atom. The molecular weight excluding hydrogens is 314 g/mol. The fourth-order valence-corrected chi connectivity index (χ4v) is 2.74. The van der Waals surface area contributed by atoms with E-state index in [9.17, 15) is 9.90 Å². The molecule has 0 saturated carbocycles. The number of aliphatic hydroxyl groups excluding tert-OH is 1. The number of thiophene rings is 1. The molecule has 0 radical (unpaired) electrons. The highest BCUT2D eigenvalue weighted by molar-refractivity contribution is 9.11. The van der Waals surface area contributed by atoms with Crippen molar-refractivity contribution < 1.29 is 9.90 Å². The summed E-state index contributed by atoms with van der Waals surface area (Å²) in [7, 11) is 0. The number of hydrogen-bond donors (Lipinski definition) is 2. The van der Waals surface area contributed by atoms with Gasteiger partial charge in [-0.25, -0.2) is 0 Å². The summed E-state index contributed by atoms with van der Waals surface area (Å²) >= 11 is 4.78. The van der Waals surface area contributed by atoms with Crippen LogP contribution in [0.2, 0.25) is 0 Å². The van der Waals surface area contributed by atoms with Crippen LogP contribution in [-0.2, 0) is 0 Å². The molecule has 18 heavy (non-hydrogen) atoms. The first kappa shape index (κ1) is 13.3. The van der Waals surface area contributed by atoms with Gasteiger partial charge in [0.2, 0.25) is 0 Å². The third-order valence-corrected chi connectivity index (χ3v) is 3.99. The van der Waals surface area contributed by atoms with E-state index in [4.69, 9.17) is 0 Å². The molecule has 0 spiro atoms. The number of rotatable bonds is 3. The van der Waals surface area contributed by atoms with E-state index >= 15 is 0 Å². The molecule has 1 heterocycles. The topological polar surface area (TPSA) is 49.3 Å². The number of nitrogens with one attached hydrogen (secondary N) is 1. The fourth-order valence-electron chi connectivity index (χ4n) is 1.60. The minimum atomic E-state index is -0.615. The molecule has 0 fully saturated rings. The van der Waals surface area contributed by atoms with Gasteiger partial charge >= 0.3 is 0 Å². The van der Waals surface area contributed by atoms with E-state index in [1.165, 1.54) is 11.3 Å². The van der Waals surface area contributed by atoms with Crippen LogP contribution in [-0.4, -0.2) is 11.0 Å². The molecule has 0 bridgehead atoms. The van der Waals surface area contributed by atoms with Gasteiger partial charge < -0.3 is 10.4 Å². The molecule has 1 unspecified atom stereocenters. The smallest absolute Gasteiger partial charge is 0.256 e. The zero-order valence-electron chi connectivity index (χ0n) is 9.68. The average Bonchev–Trinajstić information content (AvgIpc) is 2.76. The number of halogens is 1. The lowest BCUT2D eigenvalue weighted by molar-refractivity contribution is 0.102. The molecule has 1 aromatic carbocycles. The molecule has 0 aliphatic rings. The molecule has 0 aliphatic carbocycles. The minimum Gasteiger partial charge on any atom is -0.389 e. The lowest BCUT2D eigenvalue weighted by Crippen LogP contribution is -2.13. The van der Waals surface area contributed by atoms with Gasteiger partial charge in [0, 0.05) is 16.6 Å². The summed E-state index contributed by atoms with van der Waals surface area (Å²) in [6.07, 6.45) is -0.615. The van der Waals surface area contributed by atoms with E-state index in [2.05, 4.69) is 21.2 Å². The van der Waals surface area contributed by atoms with Gasteiger partial charge in [-0.2, -0.15) is 0 Å². The van der Waals surface area contributed by atoms with Crippen LogP contribution in [0.25, 0.3) is 0 Å². The molecule has 2 aromatic rings. The predicted molar refractivity (Wildman–Crippen MR) is 77.0 cm³/mol. The maximum absolute atomic E-state index is 12.0. The number of carbonyl (C=O) groups excluding carboxylic acids is 1. The van der Waals surface area contributed by atoms with Gasteiger partial charge in [0.1, 0.15) is 0 Å². The Kier molecular flexibility index (Phi) is 4.16. The van der Waals surface area contributed by atoms with Crippen LogP contribution in [0.5, 0.6) is 0 Å². The lowest BCUT2D eigenvalue weighted by Gasteiger charge is -2.12. The van der Waals surface area contributed by atoms with Gasteiger partial charge in [-0.05, 0) is 35.0 Å². The Hall–Kier alpha value is -1.17. The third-order valence-electron chi connectivity index (χ3n) is 2.49. The molecule has 5 heteroatoms. The Bertz CT molecular complexity index is 566. The number of carbonyl (C=O) groups is 1. The van der Waals surface area contributed by atoms with Gasteiger partial charge in [-0.3, -0.25) is 4.79 Å². The van der Waals surface area contributed by atoms with Crippen molar-refractivity contribution >= 4 is 38.9 Å². The standard InChI is InChI=1S/C13H12BrNO2S/c1-8(16)10-4-2-3-5-11(10)15-13(17)9-6-12(14)18-7-9/h2-8,16H,1H3,(H,15,17). The monoisotopic (exact) mass is 325 g/mol. The molecule has 0 aliphatic heterocycles. The zero-order chi connectivity index (χ0) is 13.1. The summed E-state index contributed by atoms with van der Waals surface area (Å²) in [5.41, 5.74) is 1.95. The highest BCUT2D eigenvalue weighted by Crippen LogP contribution is 2.25. The van der Waals surface area contributed by atoms with E-state index in [0.29, 0.717) is 16.8 Å².